The number of amides is 1. The fraction of sp³-hybridized carbons (Fsp3) is 0.588. The van der Waals surface area contributed by atoms with Crippen LogP contribution in [0.5, 0.6) is 0 Å². The van der Waals surface area contributed by atoms with Crippen LogP contribution in [0.4, 0.5) is 5.69 Å². The van der Waals surface area contributed by atoms with E-state index in [0.717, 1.165) is 38.3 Å². The molecule has 0 saturated carbocycles. The van der Waals surface area contributed by atoms with E-state index in [1.165, 1.54) is 5.56 Å². The summed E-state index contributed by atoms with van der Waals surface area (Å²) in [6, 6.07) is 8.15. The van der Waals surface area contributed by atoms with Gasteiger partial charge in [0, 0.05) is 18.8 Å². The molecule has 1 saturated heterocycles. The van der Waals surface area contributed by atoms with Crippen LogP contribution in [-0.4, -0.2) is 43.5 Å². The Morgan fingerprint density at radius 2 is 1.86 bits per heavy atom. The second-order valence-electron chi connectivity index (χ2n) is 6.76. The minimum absolute atomic E-state index is 0. The molecule has 1 aromatic rings. The van der Waals surface area contributed by atoms with Gasteiger partial charge in [-0.15, -0.1) is 12.4 Å². The van der Waals surface area contributed by atoms with Crippen LogP contribution in [0.3, 0.4) is 0 Å². The number of carbonyl (C=O) groups excluding carboxylic acids is 1. The minimum Gasteiger partial charge on any atom is -0.325 e. The summed E-state index contributed by atoms with van der Waals surface area (Å²) in [5.74, 6) is 0.0698. The summed E-state index contributed by atoms with van der Waals surface area (Å²) in [5.41, 5.74) is 2.29. The Labute approximate surface area is 140 Å². The van der Waals surface area contributed by atoms with Crippen molar-refractivity contribution >= 4 is 24.0 Å². The molecule has 1 heterocycles. The molecule has 0 aromatic heterocycles. The zero-order valence-electron chi connectivity index (χ0n) is 13.8. The van der Waals surface area contributed by atoms with Crippen molar-refractivity contribution in [2.24, 2.45) is 0 Å². The van der Waals surface area contributed by atoms with Gasteiger partial charge in [-0.25, -0.2) is 0 Å². The van der Waals surface area contributed by atoms with Crippen molar-refractivity contribution in [2.75, 3.05) is 38.0 Å². The lowest BCUT2D eigenvalue weighted by molar-refractivity contribution is -0.117. The smallest absolute Gasteiger partial charge is 0.238 e. The molecule has 2 N–H and O–H groups in total. The highest BCUT2D eigenvalue weighted by atomic mass is 35.5. The molecule has 5 heteroatoms. The van der Waals surface area contributed by atoms with Crippen molar-refractivity contribution in [3.8, 4) is 0 Å². The fourth-order valence-electron chi connectivity index (χ4n) is 2.52. The van der Waals surface area contributed by atoms with E-state index in [-0.39, 0.29) is 23.7 Å². The van der Waals surface area contributed by atoms with Crippen molar-refractivity contribution in [3.63, 3.8) is 0 Å². The van der Waals surface area contributed by atoms with Gasteiger partial charge < -0.3 is 10.6 Å². The number of benzene rings is 1. The van der Waals surface area contributed by atoms with Gasteiger partial charge in [-0.1, -0.05) is 32.9 Å². The minimum atomic E-state index is 0. The second kappa shape index (κ2) is 8.51. The number of rotatable bonds is 3. The van der Waals surface area contributed by atoms with E-state index >= 15 is 0 Å². The maximum atomic E-state index is 12.1. The molecule has 0 aliphatic carbocycles. The lowest BCUT2D eigenvalue weighted by Crippen LogP contribution is -2.35. The van der Waals surface area contributed by atoms with Gasteiger partial charge in [0.25, 0.3) is 0 Å². The summed E-state index contributed by atoms with van der Waals surface area (Å²) in [7, 11) is 0. The number of carbonyl (C=O) groups is 1. The molecule has 0 unspecified atom stereocenters. The first-order valence-electron chi connectivity index (χ1n) is 7.78. The van der Waals surface area contributed by atoms with E-state index in [2.05, 4.69) is 48.4 Å². The molecule has 124 valence electrons. The van der Waals surface area contributed by atoms with Crippen LogP contribution < -0.4 is 10.6 Å². The van der Waals surface area contributed by atoms with Crippen LogP contribution in [0, 0.1) is 0 Å². The molecule has 1 amide bonds. The molecule has 1 aromatic carbocycles. The van der Waals surface area contributed by atoms with Crippen molar-refractivity contribution in [2.45, 2.75) is 32.6 Å². The van der Waals surface area contributed by atoms with Gasteiger partial charge in [0.1, 0.15) is 0 Å². The summed E-state index contributed by atoms with van der Waals surface area (Å²) in [5, 5.41) is 6.33. The molecular formula is C17H28ClN3O. The standard InChI is InChI=1S/C17H27N3O.ClH/c1-17(2,3)14-5-7-15(8-6-14)19-16(21)13-20-11-4-9-18-10-12-20;/h5-8,18H,4,9-13H2,1-3H3,(H,19,21);1H. The van der Waals surface area contributed by atoms with Gasteiger partial charge in [-0.3, -0.25) is 9.69 Å². The number of nitrogens with one attached hydrogen (secondary N) is 2. The van der Waals surface area contributed by atoms with Crippen LogP contribution >= 0.6 is 12.4 Å². The van der Waals surface area contributed by atoms with Crippen LogP contribution in [0.1, 0.15) is 32.8 Å². The normalized spacial score (nSPS) is 16.5. The maximum Gasteiger partial charge on any atom is 0.238 e. The van der Waals surface area contributed by atoms with Crippen molar-refractivity contribution in [1.82, 2.24) is 10.2 Å². The lowest BCUT2D eigenvalue weighted by Gasteiger charge is -2.20. The van der Waals surface area contributed by atoms with Crippen LogP contribution in [0.2, 0.25) is 0 Å². The molecule has 1 aliphatic rings. The average Bonchev–Trinajstić information content (AvgIpc) is 2.67. The Balaban J connectivity index is 0.00000242. The van der Waals surface area contributed by atoms with E-state index in [1.54, 1.807) is 0 Å². The molecule has 0 atom stereocenters. The van der Waals surface area contributed by atoms with E-state index in [9.17, 15) is 4.79 Å². The van der Waals surface area contributed by atoms with Crippen molar-refractivity contribution < 1.29 is 4.79 Å². The number of nitrogens with zero attached hydrogens (tertiary/aromatic N) is 1. The number of halogens is 1. The van der Waals surface area contributed by atoms with E-state index in [0.29, 0.717) is 6.54 Å². The Bertz CT molecular complexity index is 460. The Kier molecular flexibility index (Phi) is 7.33. The quantitative estimate of drug-likeness (QED) is 0.898. The zero-order chi connectivity index (χ0) is 15.3. The molecule has 22 heavy (non-hydrogen) atoms. The summed E-state index contributed by atoms with van der Waals surface area (Å²) >= 11 is 0. The van der Waals surface area contributed by atoms with Gasteiger partial charge in [-0.2, -0.15) is 0 Å². The highest BCUT2D eigenvalue weighted by Gasteiger charge is 2.15. The van der Waals surface area contributed by atoms with Gasteiger partial charge in [-0.05, 0) is 42.6 Å². The van der Waals surface area contributed by atoms with Gasteiger partial charge in [0.2, 0.25) is 5.91 Å². The third-order valence-electron chi connectivity index (χ3n) is 3.83. The van der Waals surface area contributed by atoms with Crippen LogP contribution in [0.15, 0.2) is 24.3 Å². The molecular weight excluding hydrogens is 298 g/mol. The number of anilines is 1. The summed E-state index contributed by atoms with van der Waals surface area (Å²) in [6.45, 7) is 11.0. The first-order chi connectivity index (χ1) is 9.95. The SMILES string of the molecule is CC(C)(C)c1ccc(NC(=O)CN2CCCNCC2)cc1.Cl. The van der Waals surface area contributed by atoms with E-state index in [1.807, 2.05) is 12.1 Å². The Morgan fingerprint density at radius 1 is 1.18 bits per heavy atom. The summed E-state index contributed by atoms with van der Waals surface area (Å²) < 4.78 is 0. The third-order valence-corrected chi connectivity index (χ3v) is 3.83. The van der Waals surface area contributed by atoms with Crippen LogP contribution in [0.25, 0.3) is 0 Å². The Hall–Kier alpha value is -1.10. The molecule has 0 bridgehead atoms. The zero-order valence-corrected chi connectivity index (χ0v) is 14.6. The molecule has 1 aliphatic heterocycles. The predicted molar refractivity (Wildman–Crippen MR) is 94.9 cm³/mol. The van der Waals surface area contributed by atoms with Crippen molar-refractivity contribution in [3.05, 3.63) is 29.8 Å². The first-order valence-corrected chi connectivity index (χ1v) is 7.78. The van der Waals surface area contributed by atoms with Gasteiger partial charge in [0.15, 0.2) is 0 Å². The molecule has 2 rings (SSSR count). The van der Waals surface area contributed by atoms with Crippen molar-refractivity contribution in [1.29, 1.82) is 0 Å². The third kappa shape index (κ3) is 5.95. The van der Waals surface area contributed by atoms with Crippen LogP contribution in [-0.2, 0) is 10.2 Å². The monoisotopic (exact) mass is 325 g/mol. The van der Waals surface area contributed by atoms with Gasteiger partial charge >= 0.3 is 0 Å². The first kappa shape index (κ1) is 18.9. The van der Waals surface area contributed by atoms with E-state index in [4.69, 9.17) is 0 Å². The topological polar surface area (TPSA) is 44.4 Å². The van der Waals surface area contributed by atoms with Gasteiger partial charge in [0.05, 0.1) is 6.54 Å². The highest BCUT2D eigenvalue weighted by molar-refractivity contribution is 5.92. The molecule has 1 fully saturated rings. The second-order valence-corrected chi connectivity index (χ2v) is 6.76. The largest absolute Gasteiger partial charge is 0.325 e. The lowest BCUT2D eigenvalue weighted by atomic mass is 9.87. The summed E-state index contributed by atoms with van der Waals surface area (Å²) in [4.78, 5) is 14.3. The molecule has 0 radical (unpaired) electrons. The Morgan fingerprint density at radius 3 is 2.50 bits per heavy atom. The predicted octanol–water partition coefficient (Wildman–Crippen LogP) is 2.64. The summed E-state index contributed by atoms with van der Waals surface area (Å²) in [6.07, 6.45) is 1.10. The molecule has 4 nitrogen and oxygen atoms in total. The highest BCUT2D eigenvalue weighted by Crippen LogP contribution is 2.23. The van der Waals surface area contributed by atoms with E-state index < -0.39 is 0 Å². The average molecular weight is 326 g/mol. The maximum absolute atomic E-state index is 12.1. The fourth-order valence-corrected chi connectivity index (χ4v) is 2.52. The molecule has 0 spiro atoms. The number of hydrogen-bond donors (Lipinski definition) is 2. The number of hydrogen-bond acceptors (Lipinski definition) is 3.